The molecule has 8 heteroatoms. The van der Waals surface area contributed by atoms with Gasteiger partial charge in [0, 0.05) is 23.6 Å². The third-order valence-electron chi connectivity index (χ3n) is 3.77. The van der Waals surface area contributed by atoms with Gasteiger partial charge >= 0.3 is 11.9 Å². The molecule has 0 bridgehead atoms. The number of esters is 1. The molecular formula is C22H27ClO7. The third kappa shape index (κ3) is 10.3. The van der Waals surface area contributed by atoms with Crippen LogP contribution in [0.5, 0.6) is 5.75 Å². The summed E-state index contributed by atoms with van der Waals surface area (Å²) in [6, 6.07) is 5.08. The molecule has 1 atom stereocenters. The second kappa shape index (κ2) is 14.5. The molecule has 0 aliphatic rings. The fourth-order valence-electron chi connectivity index (χ4n) is 2.18. The number of hydrogen-bond donors (Lipinski definition) is 1. The maximum Gasteiger partial charge on any atom is 0.347 e. The van der Waals surface area contributed by atoms with E-state index in [4.69, 9.17) is 30.5 Å². The van der Waals surface area contributed by atoms with Gasteiger partial charge in [-0.05, 0) is 50.6 Å². The molecule has 7 nitrogen and oxygen atoms in total. The number of benzene rings is 1. The Hall–Kier alpha value is -2.53. The van der Waals surface area contributed by atoms with Crippen molar-refractivity contribution in [1.82, 2.24) is 0 Å². The topological polar surface area (TPSA) is 91.3 Å². The Kier molecular flexibility index (Phi) is 12.3. The highest BCUT2D eigenvalue weighted by molar-refractivity contribution is 6.30. The first-order valence-corrected chi connectivity index (χ1v) is 9.88. The monoisotopic (exact) mass is 438 g/mol. The van der Waals surface area contributed by atoms with Gasteiger partial charge in [0.25, 0.3) is 0 Å². The van der Waals surface area contributed by atoms with Gasteiger partial charge in [0.2, 0.25) is 0 Å². The van der Waals surface area contributed by atoms with Gasteiger partial charge in [0.05, 0.1) is 19.8 Å². The molecule has 1 aromatic rings. The van der Waals surface area contributed by atoms with Crippen molar-refractivity contribution in [1.29, 1.82) is 0 Å². The summed E-state index contributed by atoms with van der Waals surface area (Å²) in [7, 11) is 0. The lowest BCUT2D eigenvalue weighted by atomic mass is 10.2. The number of rotatable bonds is 12. The predicted molar refractivity (Wildman–Crippen MR) is 113 cm³/mol. The van der Waals surface area contributed by atoms with Gasteiger partial charge in [-0.2, -0.15) is 0 Å². The number of halogens is 1. The van der Waals surface area contributed by atoms with Gasteiger partial charge in [-0.1, -0.05) is 23.4 Å². The van der Waals surface area contributed by atoms with Crippen molar-refractivity contribution in [3.63, 3.8) is 0 Å². The van der Waals surface area contributed by atoms with Crippen molar-refractivity contribution in [3.05, 3.63) is 40.4 Å². The Morgan fingerprint density at radius 1 is 1.23 bits per heavy atom. The first kappa shape index (κ1) is 25.5. The number of ether oxygens (including phenoxy) is 4. The van der Waals surface area contributed by atoms with Crippen LogP contribution in [0.2, 0.25) is 5.02 Å². The van der Waals surface area contributed by atoms with Crippen LogP contribution in [0.15, 0.2) is 29.8 Å². The lowest BCUT2D eigenvalue weighted by Crippen LogP contribution is -2.26. The predicted octanol–water partition coefficient (Wildman–Crippen LogP) is 3.42. The van der Waals surface area contributed by atoms with Gasteiger partial charge in [-0.3, -0.25) is 0 Å². The fraction of sp³-hybridized carbons (Fsp3) is 0.455. The standard InChI is InChI=1S/C22H27ClO7/c1-4-27-13-14-28-12-10-18(21(24)25)7-5-6-11-29-22(26)17(3)30-20-9-8-19(23)15-16(20)2/h7-9,15,17H,4,10-14H2,1-3H3,(H,24,25). The summed E-state index contributed by atoms with van der Waals surface area (Å²) >= 11 is 5.89. The molecule has 164 valence electrons. The minimum absolute atomic E-state index is 0.111. The summed E-state index contributed by atoms with van der Waals surface area (Å²) in [6.45, 7) is 6.82. The third-order valence-corrected chi connectivity index (χ3v) is 4.01. The maximum absolute atomic E-state index is 12.0. The molecule has 0 heterocycles. The molecule has 1 N–H and O–H groups in total. The number of carboxylic acid groups (broad SMARTS) is 1. The normalized spacial score (nSPS) is 11.9. The summed E-state index contributed by atoms with van der Waals surface area (Å²) in [5.41, 5.74) is 0.912. The fourth-order valence-corrected chi connectivity index (χ4v) is 2.40. The van der Waals surface area contributed by atoms with E-state index in [1.165, 1.54) is 6.08 Å². The number of aliphatic carboxylic acids is 1. The Morgan fingerprint density at radius 3 is 2.63 bits per heavy atom. The lowest BCUT2D eigenvalue weighted by Gasteiger charge is -2.14. The molecule has 0 radical (unpaired) electrons. The van der Waals surface area contributed by atoms with E-state index in [-0.39, 0.29) is 25.2 Å². The van der Waals surface area contributed by atoms with Crippen LogP contribution in [0.3, 0.4) is 0 Å². The van der Waals surface area contributed by atoms with Crippen LogP contribution in [-0.2, 0) is 23.8 Å². The van der Waals surface area contributed by atoms with Crippen LogP contribution in [0.25, 0.3) is 0 Å². The van der Waals surface area contributed by atoms with Crippen LogP contribution in [0.4, 0.5) is 0 Å². The summed E-state index contributed by atoms with van der Waals surface area (Å²) in [6.07, 6.45) is 0.658. The summed E-state index contributed by atoms with van der Waals surface area (Å²) in [5.74, 6) is 4.05. The van der Waals surface area contributed by atoms with Crippen molar-refractivity contribution < 1.29 is 33.6 Å². The number of carbonyl (C=O) groups is 2. The smallest absolute Gasteiger partial charge is 0.347 e. The SMILES string of the molecule is CCOCCOCCC(=CC#CCOC(=O)C(C)Oc1ccc(Cl)cc1C)C(=O)O. The molecule has 0 saturated heterocycles. The van der Waals surface area contributed by atoms with Crippen LogP contribution < -0.4 is 4.74 Å². The summed E-state index contributed by atoms with van der Waals surface area (Å²) < 4.78 is 21.0. The van der Waals surface area contributed by atoms with Gasteiger partial charge in [0.1, 0.15) is 5.75 Å². The number of carbonyl (C=O) groups excluding carboxylic acids is 1. The molecule has 0 aliphatic carbocycles. The van der Waals surface area contributed by atoms with Crippen LogP contribution in [0, 0.1) is 18.8 Å². The molecule has 30 heavy (non-hydrogen) atoms. The van der Waals surface area contributed by atoms with Crippen LogP contribution in [-0.4, -0.2) is 56.2 Å². The van der Waals surface area contributed by atoms with Crippen molar-refractivity contribution in [3.8, 4) is 17.6 Å². The van der Waals surface area contributed by atoms with E-state index in [0.717, 1.165) is 5.56 Å². The number of aryl methyl sites for hydroxylation is 1. The van der Waals surface area contributed by atoms with Gasteiger partial charge in [-0.15, -0.1) is 0 Å². The molecule has 1 unspecified atom stereocenters. The molecule has 1 aromatic carbocycles. The molecule has 1 rings (SSSR count). The second-order valence-corrected chi connectivity index (χ2v) is 6.57. The minimum atomic E-state index is -1.07. The van der Waals surface area contributed by atoms with E-state index in [2.05, 4.69) is 11.8 Å². The largest absolute Gasteiger partial charge is 0.479 e. The van der Waals surface area contributed by atoms with E-state index in [9.17, 15) is 14.7 Å². The number of allylic oxidation sites excluding steroid dienone is 1. The average Bonchev–Trinajstić information content (AvgIpc) is 2.70. The molecular weight excluding hydrogens is 412 g/mol. The van der Waals surface area contributed by atoms with E-state index in [0.29, 0.717) is 30.6 Å². The van der Waals surface area contributed by atoms with Crippen molar-refractivity contribution in [2.75, 3.05) is 33.0 Å². The van der Waals surface area contributed by atoms with E-state index in [1.54, 1.807) is 25.1 Å². The Morgan fingerprint density at radius 2 is 1.97 bits per heavy atom. The highest BCUT2D eigenvalue weighted by Crippen LogP contribution is 2.22. The zero-order valence-electron chi connectivity index (χ0n) is 17.4. The molecule has 0 spiro atoms. The molecule has 0 saturated carbocycles. The van der Waals surface area contributed by atoms with Crippen molar-refractivity contribution in [2.45, 2.75) is 33.3 Å². The van der Waals surface area contributed by atoms with Crippen molar-refractivity contribution in [2.24, 2.45) is 0 Å². The van der Waals surface area contributed by atoms with Crippen LogP contribution in [0.1, 0.15) is 25.8 Å². The first-order valence-electron chi connectivity index (χ1n) is 9.50. The Labute approximate surface area is 181 Å². The highest BCUT2D eigenvalue weighted by atomic mass is 35.5. The van der Waals surface area contributed by atoms with E-state index >= 15 is 0 Å². The van der Waals surface area contributed by atoms with Crippen LogP contribution >= 0.6 is 11.6 Å². The summed E-state index contributed by atoms with van der Waals surface area (Å²) in [5, 5.41) is 9.76. The molecule has 0 aliphatic heterocycles. The van der Waals surface area contributed by atoms with E-state index < -0.39 is 18.0 Å². The Balaban J connectivity index is 2.43. The Bertz CT molecular complexity index is 792. The maximum atomic E-state index is 12.0. The first-order chi connectivity index (χ1) is 14.3. The van der Waals surface area contributed by atoms with Gasteiger partial charge in [0.15, 0.2) is 12.7 Å². The minimum Gasteiger partial charge on any atom is -0.479 e. The van der Waals surface area contributed by atoms with Gasteiger partial charge in [-0.25, -0.2) is 9.59 Å². The zero-order chi connectivity index (χ0) is 22.4. The second-order valence-electron chi connectivity index (χ2n) is 6.13. The number of carboxylic acids is 1. The number of hydrogen-bond acceptors (Lipinski definition) is 6. The summed E-state index contributed by atoms with van der Waals surface area (Å²) in [4.78, 5) is 23.2. The zero-order valence-corrected chi connectivity index (χ0v) is 18.2. The van der Waals surface area contributed by atoms with Gasteiger partial charge < -0.3 is 24.1 Å². The quantitative estimate of drug-likeness (QED) is 0.231. The molecule has 0 amide bonds. The van der Waals surface area contributed by atoms with E-state index in [1.807, 2.05) is 13.8 Å². The lowest BCUT2D eigenvalue weighted by molar-refractivity contribution is -0.149. The highest BCUT2D eigenvalue weighted by Gasteiger charge is 2.17. The van der Waals surface area contributed by atoms with Crippen molar-refractivity contribution >= 4 is 23.5 Å². The molecule has 0 aromatic heterocycles. The molecule has 0 fully saturated rings. The average molecular weight is 439 g/mol.